The summed E-state index contributed by atoms with van der Waals surface area (Å²) in [5.41, 5.74) is 4.94. The van der Waals surface area contributed by atoms with Crippen molar-refractivity contribution in [3.8, 4) is 0 Å². The van der Waals surface area contributed by atoms with Gasteiger partial charge < -0.3 is 4.74 Å². The summed E-state index contributed by atoms with van der Waals surface area (Å²) in [6.07, 6.45) is -5.31. The molecular formula is C5H8F3NO3S. The molecule has 0 rings (SSSR count). The van der Waals surface area contributed by atoms with Gasteiger partial charge in [-0.1, -0.05) is 0 Å². The number of hydrogen-bond donors (Lipinski definition) is 1. The van der Waals surface area contributed by atoms with E-state index in [9.17, 15) is 22.2 Å². The SMILES string of the molecule is CS(=O)CC(N)OC(=O)C(F)(F)F. The van der Waals surface area contributed by atoms with Crippen LogP contribution >= 0.6 is 0 Å². The highest BCUT2D eigenvalue weighted by atomic mass is 32.2. The fourth-order valence-corrected chi connectivity index (χ4v) is 1.00. The van der Waals surface area contributed by atoms with Crippen LogP contribution in [0.2, 0.25) is 0 Å². The summed E-state index contributed by atoms with van der Waals surface area (Å²) in [7, 11) is -1.41. The van der Waals surface area contributed by atoms with Crippen molar-refractivity contribution in [1.29, 1.82) is 0 Å². The van der Waals surface area contributed by atoms with Gasteiger partial charge in [0.15, 0.2) is 6.23 Å². The first kappa shape index (κ1) is 12.4. The maximum atomic E-state index is 11.5. The fraction of sp³-hybridized carbons (Fsp3) is 0.800. The Morgan fingerprint density at radius 2 is 2.08 bits per heavy atom. The van der Waals surface area contributed by atoms with E-state index in [2.05, 4.69) is 4.74 Å². The largest absolute Gasteiger partial charge is 0.490 e. The molecule has 2 N–H and O–H groups in total. The van der Waals surface area contributed by atoms with Gasteiger partial charge >= 0.3 is 12.1 Å². The number of halogens is 3. The van der Waals surface area contributed by atoms with Crippen molar-refractivity contribution in [3.05, 3.63) is 0 Å². The molecule has 0 aromatic rings. The monoisotopic (exact) mass is 219 g/mol. The molecule has 78 valence electrons. The summed E-state index contributed by atoms with van der Waals surface area (Å²) in [5.74, 6) is -2.69. The standard InChI is InChI=1S/C5H8F3NO3S/c1-13(11)2-3(9)12-4(10)5(6,7)8/h3H,2,9H2,1H3. The average molecular weight is 219 g/mol. The van der Waals surface area contributed by atoms with Crippen LogP contribution in [0.1, 0.15) is 0 Å². The lowest BCUT2D eigenvalue weighted by Gasteiger charge is -2.12. The van der Waals surface area contributed by atoms with Crippen LogP contribution in [-0.4, -0.2) is 34.6 Å². The molecule has 0 aromatic carbocycles. The summed E-state index contributed by atoms with van der Waals surface area (Å²) in [6, 6.07) is 0. The zero-order valence-electron chi connectivity index (χ0n) is 6.63. The van der Waals surface area contributed by atoms with Gasteiger partial charge in [0.2, 0.25) is 0 Å². The molecular weight excluding hydrogens is 211 g/mol. The topological polar surface area (TPSA) is 69.4 Å². The third kappa shape index (κ3) is 5.58. The van der Waals surface area contributed by atoms with Gasteiger partial charge in [-0.3, -0.25) is 9.94 Å². The molecule has 0 aliphatic heterocycles. The lowest BCUT2D eigenvalue weighted by Crippen LogP contribution is -2.37. The van der Waals surface area contributed by atoms with E-state index < -0.39 is 29.2 Å². The van der Waals surface area contributed by atoms with Gasteiger partial charge in [-0.05, 0) is 0 Å². The summed E-state index contributed by atoms with van der Waals surface area (Å²) >= 11 is 0. The Balaban J connectivity index is 4.00. The Bertz CT molecular complexity index is 218. The minimum atomic E-state index is -5.06. The zero-order valence-corrected chi connectivity index (χ0v) is 7.45. The van der Waals surface area contributed by atoms with Gasteiger partial charge in [-0.25, -0.2) is 4.79 Å². The number of alkyl halides is 3. The van der Waals surface area contributed by atoms with Gasteiger partial charge in [0.05, 0.1) is 5.75 Å². The minimum Gasteiger partial charge on any atom is -0.439 e. The summed E-state index contributed by atoms with van der Waals surface area (Å²) in [6.45, 7) is 0. The predicted octanol–water partition coefficient (Wildman–Crippen LogP) is -0.245. The smallest absolute Gasteiger partial charge is 0.439 e. The van der Waals surface area contributed by atoms with Crippen LogP contribution in [0, 0.1) is 0 Å². The molecule has 4 nitrogen and oxygen atoms in total. The van der Waals surface area contributed by atoms with Crippen LogP contribution in [0.15, 0.2) is 0 Å². The molecule has 0 aliphatic rings. The van der Waals surface area contributed by atoms with Gasteiger partial charge in [-0.15, -0.1) is 0 Å². The van der Waals surface area contributed by atoms with Crippen LogP contribution in [0.3, 0.4) is 0 Å². The Labute approximate surface area is 74.7 Å². The molecule has 0 aromatic heterocycles. The third-order valence-corrected chi connectivity index (χ3v) is 1.69. The number of carbonyl (C=O) groups is 1. The van der Waals surface area contributed by atoms with Gasteiger partial charge in [0.1, 0.15) is 0 Å². The summed E-state index contributed by atoms with van der Waals surface area (Å²) in [5, 5.41) is 0. The van der Waals surface area contributed by atoms with Crippen molar-refractivity contribution in [2.45, 2.75) is 12.4 Å². The molecule has 0 heterocycles. The maximum Gasteiger partial charge on any atom is 0.490 e. The summed E-state index contributed by atoms with van der Waals surface area (Å²) in [4.78, 5) is 10.1. The Hall–Kier alpha value is -0.630. The van der Waals surface area contributed by atoms with E-state index in [1.54, 1.807) is 0 Å². The van der Waals surface area contributed by atoms with Crippen LogP contribution in [0.25, 0.3) is 0 Å². The number of rotatable bonds is 3. The highest BCUT2D eigenvalue weighted by Gasteiger charge is 2.41. The first-order chi connectivity index (χ1) is 5.73. The molecule has 0 aliphatic carbocycles. The number of esters is 1. The molecule has 2 atom stereocenters. The van der Waals surface area contributed by atoms with Crippen LogP contribution in [0.5, 0.6) is 0 Å². The van der Waals surface area contributed by atoms with Crippen molar-refractivity contribution in [2.75, 3.05) is 12.0 Å². The van der Waals surface area contributed by atoms with Crippen LogP contribution < -0.4 is 5.73 Å². The normalized spacial score (nSPS) is 16.4. The van der Waals surface area contributed by atoms with E-state index in [0.717, 1.165) is 0 Å². The van der Waals surface area contributed by atoms with Crippen molar-refractivity contribution >= 4 is 16.8 Å². The Morgan fingerprint density at radius 1 is 1.62 bits per heavy atom. The van der Waals surface area contributed by atoms with E-state index in [1.165, 1.54) is 6.26 Å². The third-order valence-electron chi connectivity index (χ3n) is 0.889. The molecule has 0 bridgehead atoms. The van der Waals surface area contributed by atoms with Gasteiger partial charge in [-0.2, -0.15) is 13.2 Å². The Morgan fingerprint density at radius 3 is 2.38 bits per heavy atom. The van der Waals surface area contributed by atoms with Gasteiger partial charge in [0, 0.05) is 17.1 Å². The first-order valence-electron chi connectivity index (χ1n) is 3.07. The number of ether oxygens (including phenoxy) is 1. The first-order valence-corrected chi connectivity index (χ1v) is 4.79. The second-order valence-corrected chi connectivity index (χ2v) is 3.66. The fourth-order valence-electron chi connectivity index (χ4n) is 0.470. The Kier molecular flexibility index (Phi) is 4.34. The number of hydrogen-bond acceptors (Lipinski definition) is 4. The van der Waals surface area contributed by atoms with Gasteiger partial charge in [0.25, 0.3) is 0 Å². The van der Waals surface area contributed by atoms with Crippen molar-refractivity contribution in [3.63, 3.8) is 0 Å². The van der Waals surface area contributed by atoms with E-state index in [-0.39, 0.29) is 5.75 Å². The zero-order chi connectivity index (χ0) is 10.6. The average Bonchev–Trinajstić information content (AvgIpc) is 1.82. The quantitative estimate of drug-likeness (QED) is 0.525. The van der Waals surface area contributed by atoms with Crippen molar-refractivity contribution in [1.82, 2.24) is 0 Å². The second kappa shape index (κ2) is 4.56. The molecule has 0 saturated heterocycles. The molecule has 13 heavy (non-hydrogen) atoms. The molecule has 0 fully saturated rings. The van der Waals surface area contributed by atoms with E-state index >= 15 is 0 Å². The van der Waals surface area contributed by atoms with E-state index in [4.69, 9.17) is 5.73 Å². The highest BCUT2D eigenvalue weighted by Crippen LogP contribution is 2.16. The number of carbonyl (C=O) groups excluding carboxylic acids is 1. The molecule has 0 amide bonds. The predicted molar refractivity (Wildman–Crippen MR) is 39.1 cm³/mol. The highest BCUT2D eigenvalue weighted by molar-refractivity contribution is 7.84. The van der Waals surface area contributed by atoms with E-state index in [1.807, 2.05) is 0 Å². The molecule has 8 heteroatoms. The van der Waals surface area contributed by atoms with Crippen molar-refractivity contribution < 1.29 is 26.9 Å². The molecule has 0 saturated carbocycles. The maximum absolute atomic E-state index is 11.5. The van der Waals surface area contributed by atoms with Crippen LogP contribution in [0.4, 0.5) is 13.2 Å². The van der Waals surface area contributed by atoms with Crippen LogP contribution in [-0.2, 0) is 20.3 Å². The second-order valence-electron chi connectivity index (χ2n) is 2.18. The van der Waals surface area contributed by atoms with E-state index in [0.29, 0.717) is 0 Å². The lowest BCUT2D eigenvalue weighted by molar-refractivity contribution is -0.203. The molecule has 2 unspecified atom stereocenters. The lowest BCUT2D eigenvalue weighted by atomic mass is 10.6. The molecule has 0 spiro atoms. The minimum absolute atomic E-state index is 0.318. The van der Waals surface area contributed by atoms with Crippen molar-refractivity contribution in [2.24, 2.45) is 5.73 Å². The number of nitrogens with two attached hydrogens (primary N) is 1. The summed E-state index contributed by atoms with van der Waals surface area (Å²) < 4.78 is 48.8. The molecule has 0 radical (unpaired) electrons.